The molecule has 3 atom stereocenters. The van der Waals surface area contributed by atoms with Crippen LogP contribution in [0.15, 0.2) is 54.6 Å². The summed E-state index contributed by atoms with van der Waals surface area (Å²) in [7, 11) is 0. The lowest BCUT2D eigenvalue weighted by Gasteiger charge is -2.26. The molecule has 90 valence electrons. The minimum atomic E-state index is -0.727. The quantitative estimate of drug-likeness (QED) is 0.778. The molecular formula is C15H12O3. The van der Waals surface area contributed by atoms with E-state index < -0.39 is 11.7 Å². The summed E-state index contributed by atoms with van der Waals surface area (Å²) in [5.41, 5.74) is 1.02. The fraction of sp³-hybridized carbons (Fsp3) is 0.200. The Hall–Kier alpha value is -1.84. The van der Waals surface area contributed by atoms with E-state index in [4.69, 9.17) is 9.47 Å². The first kappa shape index (κ1) is 10.1. The van der Waals surface area contributed by atoms with Gasteiger partial charge in [-0.05, 0) is 11.6 Å². The molecule has 3 nitrogen and oxygen atoms in total. The molecule has 2 aliphatic rings. The second kappa shape index (κ2) is 3.34. The molecule has 0 radical (unpaired) electrons. The van der Waals surface area contributed by atoms with Crippen LogP contribution >= 0.6 is 0 Å². The van der Waals surface area contributed by atoms with Gasteiger partial charge in [0, 0.05) is 5.56 Å². The highest BCUT2D eigenvalue weighted by Gasteiger charge is 2.68. The monoisotopic (exact) mass is 240 g/mol. The molecule has 3 heteroatoms. The lowest BCUT2D eigenvalue weighted by atomic mass is 9.87. The zero-order chi connectivity index (χ0) is 12.2. The molecule has 0 amide bonds. The molecule has 0 aliphatic carbocycles. The molecule has 1 fully saturated rings. The van der Waals surface area contributed by atoms with Crippen LogP contribution in [0.2, 0.25) is 0 Å². The Balaban J connectivity index is 1.84. The zero-order valence-corrected chi connectivity index (χ0v) is 9.61. The van der Waals surface area contributed by atoms with Crippen molar-refractivity contribution in [3.63, 3.8) is 0 Å². The van der Waals surface area contributed by atoms with Crippen molar-refractivity contribution in [1.29, 1.82) is 0 Å². The summed E-state index contributed by atoms with van der Waals surface area (Å²) in [5.74, 6) is 0.707. The van der Waals surface area contributed by atoms with Crippen LogP contribution < -0.4 is 4.74 Å². The number of rotatable bonds is 1. The van der Waals surface area contributed by atoms with Crippen molar-refractivity contribution < 1.29 is 14.6 Å². The minimum Gasteiger partial charge on any atom is -0.461 e. The Kier molecular flexibility index (Phi) is 1.88. The SMILES string of the molecule is OC1c2ccccc2OC2OC21c1ccccc1. The van der Waals surface area contributed by atoms with E-state index in [1.807, 2.05) is 54.6 Å². The van der Waals surface area contributed by atoms with Crippen molar-refractivity contribution in [1.82, 2.24) is 0 Å². The Morgan fingerprint density at radius 1 is 0.944 bits per heavy atom. The van der Waals surface area contributed by atoms with Gasteiger partial charge in [-0.2, -0.15) is 0 Å². The first-order chi connectivity index (χ1) is 8.82. The summed E-state index contributed by atoms with van der Waals surface area (Å²) in [6, 6.07) is 17.3. The molecule has 1 N–H and O–H groups in total. The van der Waals surface area contributed by atoms with Gasteiger partial charge in [0.05, 0.1) is 0 Å². The number of fused-ring (bicyclic) bond motifs is 2. The van der Waals surface area contributed by atoms with E-state index in [0.717, 1.165) is 11.1 Å². The predicted octanol–water partition coefficient (Wildman–Crippen LogP) is 2.36. The number of benzene rings is 2. The largest absolute Gasteiger partial charge is 0.461 e. The summed E-state index contributed by atoms with van der Waals surface area (Å²) in [6.45, 7) is 0. The Bertz CT molecular complexity index is 596. The van der Waals surface area contributed by atoms with Crippen LogP contribution in [0.25, 0.3) is 0 Å². The highest BCUT2D eigenvalue weighted by Crippen LogP contribution is 2.59. The van der Waals surface area contributed by atoms with Gasteiger partial charge in [-0.25, -0.2) is 0 Å². The molecule has 4 rings (SSSR count). The van der Waals surface area contributed by atoms with E-state index in [9.17, 15) is 5.11 Å². The van der Waals surface area contributed by atoms with Crippen LogP contribution in [0, 0.1) is 0 Å². The van der Waals surface area contributed by atoms with Gasteiger partial charge in [-0.1, -0.05) is 48.5 Å². The number of aliphatic hydroxyl groups is 1. The van der Waals surface area contributed by atoms with Gasteiger partial charge in [-0.15, -0.1) is 0 Å². The molecule has 2 aliphatic heterocycles. The molecule has 2 aromatic rings. The highest BCUT2D eigenvalue weighted by molar-refractivity contribution is 5.45. The molecule has 0 spiro atoms. The smallest absolute Gasteiger partial charge is 0.237 e. The first-order valence-corrected chi connectivity index (χ1v) is 5.99. The van der Waals surface area contributed by atoms with Crippen LogP contribution in [0.4, 0.5) is 0 Å². The number of aliphatic hydroxyl groups excluding tert-OH is 1. The molecule has 2 aromatic carbocycles. The maximum Gasteiger partial charge on any atom is 0.237 e. The fourth-order valence-corrected chi connectivity index (χ4v) is 2.67. The van der Waals surface area contributed by atoms with Crippen LogP contribution in [0.5, 0.6) is 5.75 Å². The number of hydrogen-bond donors (Lipinski definition) is 1. The second-order valence-corrected chi connectivity index (χ2v) is 4.67. The Labute approximate surface area is 105 Å². The summed E-state index contributed by atoms with van der Waals surface area (Å²) in [6.07, 6.45) is -1.07. The van der Waals surface area contributed by atoms with Crippen molar-refractivity contribution in [2.24, 2.45) is 0 Å². The molecule has 18 heavy (non-hydrogen) atoms. The van der Waals surface area contributed by atoms with E-state index in [1.165, 1.54) is 0 Å². The third kappa shape index (κ3) is 1.15. The molecule has 1 saturated heterocycles. The summed E-state index contributed by atoms with van der Waals surface area (Å²) < 4.78 is 11.4. The van der Waals surface area contributed by atoms with Gasteiger partial charge in [0.2, 0.25) is 6.29 Å². The van der Waals surface area contributed by atoms with Crippen molar-refractivity contribution in [2.75, 3.05) is 0 Å². The number of hydrogen-bond acceptors (Lipinski definition) is 3. The Morgan fingerprint density at radius 2 is 1.67 bits per heavy atom. The number of para-hydroxylation sites is 1. The normalized spacial score (nSPS) is 32.1. The van der Waals surface area contributed by atoms with Gasteiger partial charge in [0.15, 0.2) is 5.60 Å². The number of epoxide rings is 1. The standard InChI is InChI=1S/C15H12O3/c16-13-11-8-4-5-9-12(11)17-14-15(13,18-14)10-6-2-1-3-7-10/h1-9,13-14,16H. The summed E-state index contributed by atoms with van der Waals surface area (Å²) in [4.78, 5) is 0. The van der Waals surface area contributed by atoms with Gasteiger partial charge in [0.25, 0.3) is 0 Å². The third-order valence-corrected chi connectivity index (χ3v) is 3.67. The van der Waals surface area contributed by atoms with Crippen LogP contribution in [0.1, 0.15) is 17.2 Å². The topological polar surface area (TPSA) is 42.0 Å². The van der Waals surface area contributed by atoms with Crippen molar-refractivity contribution in [3.05, 3.63) is 65.7 Å². The average Bonchev–Trinajstić information content (AvgIpc) is 3.16. The fourth-order valence-electron chi connectivity index (χ4n) is 2.67. The lowest BCUT2D eigenvalue weighted by Crippen LogP contribution is -2.29. The van der Waals surface area contributed by atoms with Crippen molar-refractivity contribution in [2.45, 2.75) is 18.0 Å². The van der Waals surface area contributed by atoms with Crippen LogP contribution in [-0.4, -0.2) is 11.4 Å². The predicted molar refractivity (Wildman–Crippen MR) is 65.0 cm³/mol. The minimum absolute atomic E-state index is 0.384. The molecule has 0 aromatic heterocycles. The van der Waals surface area contributed by atoms with Crippen molar-refractivity contribution in [3.8, 4) is 5.75 Å². The molecular weight excluding hydrogens is 228 g/mol. The van der Waals surface area contributed by atoms with Gasteiger partial charge in [-0.3, -0.25) is 0 Å². The van der Waals surface area contributed by atoms with E-state index >= 15 is 0 Å². The number of ether oxygens (including phenoxy) is 2. The maximum atomic E-state index is 10.6. The Morgan fingerprint density at radius 3 is 2.50 bits per heavy atom. The van der Waals surface area contributed by atoms with Crippen molar-refractivity contribution >= 4 is 0 Å². The maximum absolute atomic E-state index is 10.6. The second-order valence-electron chi connectivity index (χ2n) is 4.67. The van der Waals surface area contributed by atoms with Gasteiger partial charge in [0.1, 0.15) is 11.9 Å². The third-order valence-electron chi connectivity index (χ3n) is 3.67. The molecule has 3 unspecified atom stereocenters. The van der Waals surface area contributed by atoms with E-state index in [0.29, 0.717) is 5.75 Å². The zero-order valence-electron chi connectivity index (χ0n) is 9.61. The highest BCUT2D eigenvalue weighted by atomic mass is 16.8. The summed E-state index contributed by atoms with van der Waals surface area (Å²) in [5, 5.41) is 10.6. The lowest BCUT2D eigenvalue weighted by molar-refractivity contribution is 0.0665. The van der Waals surface area contributed by atoms with Crippen LogP contribution in [-0.2, 0) is 10.3 Å². The molecule has 0 bridgehead atoms. The van der Waals surface area contributed by atoms with E-state index in [-0.39, 0.29) is 6.29 Å². The van der Waals surface area contributed by atoms with E-state index in [2.05, 4.69) is 0 Å². The van der Waals surface area contributed by atoms with E-state index in [1.54, 1.807) is 0 Å². The summed E-state index contributed by atoms with van der Waals surface area (Å²) >= 11 is 0. The van der Waals surface area contributed by atoms with Crippen LogP contribution in [0.3, 0.4) is 0 Å². The van der Waals surface area contributed by atoms with Gasteiger partial charge < -0.3 is 14.6 Å². The average molecular weight is 240 g/mol. The van der Waals surface area contributed by atoms with Gasteiger partial charge >= 0.3 is 0 Å². The first-order valence-electron chi connectivity index (χ1n) is 5.99. The molecule has 2 heterocycles. The molecule has 0 saturated carbocycles.